The van der Waals surface area contributed by atoms with Crippen LogP contribution in [0.25, 0.3) is 0 Å². The van der Waals surface area contributed by atoms with Gasteiger partial charge in [-0.1, -0.05) is 35.9 Å². The van der Waals surface area contributed by atoms with Crippen LogP contribution in [0.15, 0.2) is 48.5 Å². The summed E-state index contributed by atoms with van der Waals surface area (Å²) in [5.41, 5.74) is 4.48. The summed E-state index contributed by atoms with van der Waals surface area (Å²) in [6.07, 6.45) is 0. The van der Waals surface area contributed by atoms with E-state index in [2.05, 4.69) is 34.4 Å². The molecule has 0 radical (unpaired) electrons. The number of aromatic nitrogens is 2. The van der Waals surface area contributed by atoms with Crippen molar-refractivity contribution < 1.29 is 4.79 Å². The van der Waals surface area contributed by atoms with Gasteiger partial charge in [0.15, 0.2) is 0 Å². The van der Waals surface area contributed by atoms with Gasteiger partial charge in [-0.25, -0.2) is 9.97 Å². The molecule has 0 unspecified atom stereocenters. The van der Waals surface area contributed by atoms with Crippen molar-refractivity contribution in [1.29, 1.82) is 0 Å². The van der Waals surface area contributed by atoms with Crippen LogP contribution in [0.4, 0.5) is 11.5 Å². The fourth-order valence-corrected chi connectivity index (χ4v) is 2.83. The van der Waals surface area contributed by atoms with Gasteiger partial charge in [0.1, 0.15) is 17.3 Å². The van der Waals surface area contributed by atoms with Gasteiger partial charge in [0, 0.05) is 23.3 Å². The second-order valence-corrected chi connectivity index (χ2v) is 6.79. The van der Waals surface area contributed by atoms with Crippen molar-refractivity contribution >= 4 is 29.0 Å². The van der Waals surface area contributed by atoms with Crippen molar-refractivity contribution in [1.82, 2.24) is 15.3 Å². The molecule has 2 aromatic carbocycles. The molecular weight excluding hydrogens is 360 g/mol. The van der Waals surface area contributed by atoms with Gasteiger partial charge in [-0.15, -0.1) is 0 Å². The molecule has 0 bridgehead atoms. The van der Waals surface area contributed by atoms with Crippen LogP contribution >= 0.6 is 11.6 Å². The fraction of sp³-hybridized carbons (Fsp3) is 0.190. The highest BCUT2D eigenvalue weighted by Crippen LogP contribution is 2.19. The van der Waals surface area contributed by atoms with Crippen LogP contribution in [0.1, 0.15) is 33.0 Å². The van der Waals surface area contributed by atoms with Gasteiger partial charge < -0.3 is 10.6 Å². The third-order valence-electron chi connectivity index (χ3n) is 4.25. The maximum Gasteiger partial charge on any atom is 0.270 e. The molecule has 5 nitrogen and oxygen atoms in total. The molecule has 0 atom stereocenters. The van der Waals surface area contributed by atoms with Gasteiger partial charge in [0.05, 0.1) is 0 Å². The maximum atomic E-state index is 12.5. The van der Waals surface area contributed by atoms with Crippen LogP contribution in [0.3, 0.4) is 0 Å². The molecule has 0 fully saturated rings. The predicted molar refractivity (Wildman–Crippen MR) is 109 cm³/mol. The number of carbonyl (C=O) groups excluding carboxylic acids is 1. The van der Waals surface area contributed by atoms with Crippen LogP contribution < -0.4 is 10.6 Å². The molecular formula is C21H21ClN4O. The van der Waals surface area contributed by atoms with Crippen molar-refractivity contribution in [3.63, 3.8) is 0 Å². The number of amides is 1. The highest BCUT2D eigenvalue weighted by atomic mass is 35.5. The Morgan fingerprint density at radius 2 is 1.78 bits per heavy atom. The van der Waals surface area contributed by atoms with E-state index in [-0.39, 0.29) is 5.91 Å². The molecule has 1 amide bonds. The van der Waals surface area contributed by atoms with E-state index in [1.165, 1.54) is 11.1 Å². The van der Waals surface area contributed by atoms with Gasteiger partial charge in [0.25, 0.3) is 5.91 Å². The summed E-state index contributed by atoms with van der Waals surface area (Å²) in [5.74, 6) is 0.823. The zero-order valence-electron chi connectivity index (χ0n) is 15.5. The zero-order valence-corrected chi connectivity index (χ0v) is 16.3. The molecule has 1 heterocycles. The molecule has 0 saturated carbocycles. The summed E-state index contributed by atoms with van der Waals surface area (Å²) in [6.45, 7) is 6.21. The molecule has 6 heteroatoms. The number of nitrogens with zero attached hydrogens (tertiary/aromatic N) is 2. The quantitative estimate of drug-likeness (QED) is 0.671. The van der Waals surface area contributed by atoms with Crippen LogP contribution in [0, 0.1) is 20.8 Å². The first kappa shape index (κ1) is 18.9. The van der Waals surface area contributed by atoms with E-state index in [9.17, 15) is 4.79 Å². The molecule has 27 heavy (non-hydrogen) atoms. The monoisotopic (exact) mass is 380 g/mol. The molecule has 0 aliphatic carbocycles. The average Bonchev–Trinajstić information content (AvgIpc) is 2.63. The first-order valence-electron chi connectivity index (χ1n) is 8.64. The predicted octanol–water partition coefficient (Wildman–Crippen LogP) is 4.73. The maximum absolute atomic E-state index is 12.5. The average molecular weight is 381 g/mol. The van der Waals surface area contributed by atoms with Gasteiger partial charge in [0.2, 0.25) is 0 Å². The Morgan fingerprint density at radius 3 is 2.52 bits per heavy atom. The van der Waals surface area contributed by atoms with Gasteiger partial charge in [-0.2, -0.15) is 0 Å². The number of aryl methyl sites for hydroxylation is 3. The number of benzene rings is 2. The first-order chi connectivity index (χ1) is 12.9. The lowest BCUT2D eigenvalue weighted by molar-refractivity contribution is 0.0945. The summed E-state index contributed by atoms with van der Waals surface area (Å²) in [4.78, 5) is 21.1. The van der Waals surface area contributed by atoms with Crippen LogP contribution in [0.5, 0.6) is 0 Å². The smallest absolute Gasteiger partial charge is 0.270 e. The standard InChI is InChI=1S/C21H21ClN4O/c1-13-8-9-17(10-14(13)2)26-20-11-19(24-15(3)25-20)21(27)23-12-16-6-4-5-7-18(16)22/h4-11H,12H2,1-3H3,(H,23,27)(H,24,25,26). The summed E-state index contributed by atoms with van der Waals surface area (Å²) in [7, 11) is 0. The topological polar surface area (TPSA) is 66.9 Å². The Morgan fingerprint density at radius 1 is 1.00 bits per heavy atom. The Balaban J connectivity index is 1.75. The Labute approximate surface area is 163 Å². The Hall–Kier alpha value is -2.92. The zero-order chi connectivity index (χ0) is 19.4. The van der Waals surface area contributed by atoms with Gasteiger partial charge >= 0.3 is 0 Å². The molecule has 1 aromatic heterocycles. The Kier molecular flexibility index (Phi) is 5.72. The van der Waals surface area contributed by atoms with Crippen molar-refractivity contribution in [2.45, 2.75) is 27.3 Å². The van der Waals surface area contributed by atoms with Gasteiger partial charge in [-0.05, 0) is 55.7 Å². The number of rotatable bonds is 5. The van der Waals surface area contributed by atoms with E-state index >= 15 is 0 Å². The van der Waals surface area contributed by atoms with E-state index in [0.717, 1.165) is 11.3 Å². The largest absolute Gasteiger partial charge is 0.347 e. The molecule has 3 rings (SSSR count). The highest BCUT2D eigenvalue weighted by Gasteiger charge is 2.11. The minimum Gasteiger partial charge on any atom is -0.347 e. The number of nitrogens with one attached hydrogen (secondary N) is 2. The molecule has 3 aromatic rings. The minimum atomic E-state index is -0.274. The minimum absolute atomic E-state index is 0.274. The third kappa shape index (κ3) is 4.83. The van der Waals surface area contributed by atoms with Crippen molar-refractivity contribution in [2.75, 3.05) is 5.32 Å². The van der Waals surface area contributed by atoms with Crippen LogP contribution in [-0.4, -0.2) is 15.9 Å². The number of halogens is 1. The van der Waals surface area contributed by atoms with Crippen molar-refractivity contribution in [3.8, 4) is 0 Å². The normalized spacial score (nSPS) is 10.5. The molecule has 0 aliphatic heterocycles. The molecule has 0 saturated heterocycles. The Bertz CT molecular complexity index is 988. The van der Waals surface area contributed by atoms with Crippen molar-refractivity contribution in [2.24, 2.45) is 0 Å². The summed E-state index contributed by atoms with van der Waals surface area (Å²) < 4.78 is 0. The second kappa shape index (κ2) is 8.18. The number of hydrogen-bond donors (Lipinski definition) is 2. The van der Waals surface area contributed by atoms with Gasteiger partial charge in [-0.3, -0.25) is 4.79 Å². The van der Waals surface area contributed by atoms with E-state index in [0.29, 0.717) is 28.9 Å². The van der Waals surface area contributed by atoms with Crippen LogP contribution in [-0.2, 0) is 6.54 Å². The summed E-state index contributed by atoms with van der Waals surface area (Å²) in [5, 5.41) is 6.71. The summed E-state index contributed by atoms with van der Waals surface area (Å²) >= 11 is 6.13. The van der Waals surface area contributed by atoms with Crippen LogP contribution in [0.2, 0.25) is 5.02 Å². The molecule has 0 spiro atoms. The van der Waals surface area contributed by atoms with Crippen molar-refractivity contribution in [3.05, 3.63) is 81.8 Å². The summed E-state index contributed by atoms with van der Waals surface area (Å²) in [6, 6.07) is 15.1. The third-order valence-corrected chi connectivity index (χ3v) is 4.62. The van der Waals surface area contributed by atoms with E-state index in [4.69, 9.17) is 11.6 Å². The molecule has 2 N–H and O–H groups in total. The number of hydrogen-bond acceptors (Lipinski definition) is 4. The van der Waals surface area contributed by atoms with E-state index in [1.54, 1.807) is 19.1 Å². The second-order valence-electron chi connectivity index (χ2n) is 6.38. The van der Waals surface area contributed by atoms with E-state index in [1.807, 2.05) is 36.4 Å². The highest BCUT2D eigenvalue weighted by molar-refractivity contribution is 6.31. The number of carbonyl (C=O) groups is 1. The SMILES string of the molecule is Cc1nc(Nc2ccc(C)c(C)c2)cc(C(=O)NCc2ccccc2Cl)n1. The number of anilines is 2. The van der Waals surface area contributed by atoms with E-state index < -0.39 is 0 Å². The lowest BCUT2D eigenvalue weighted by atomic mass is 10.1. The first-order valence-corrected chi connectivity index (χ1v) is 9.02. The molecule has 138 valence electrons. The molecule has 0 aliphatic rings. The lowest BCUT2D eigenvalue weighted by Crippen LogP contribution is -2.24. The lowest BCUT2D eigenvalue weighted by Gasteiger charge is -2.11. The fourth-order valence-electron chi connectivity index (χ4n) is 2.62.